The van der Waals surface area contributed by atoms with Gasteiger partial charge in [-0.2, -0.15) is 0 Å². The van der Waals surface area contributed by atoms with Crippen molar-refractivity contribution in [1.29, 1.82) is 0 Å². The zero-order valence-corrected chi connectivity index (χ0v) is 19.1. The Morgan fingerprint density at radius 2 is 2.03 bits per heavy atom. The van der Waals surface area contributed by atoms with E-state index in [0.717, 1.165) is 31.5 Å². The van der Waals surface area contributed by atoms with Crippen molar-refractivity contribution >= 4 is 56.2 Å². The standard InChI is InChI=1S/C21H20N4O2S3/c1-11-12(2)30-21-17(11)19(27)24-16(25-21)10-29-13(3)18(26)23-15-6-4-14(5-7-15)20-22-8-9-28-20/h4-9,13H,10H2,1-3H3,(H,23,26)(H,24,25,27). The summed E-state index contributed by atoms with van der Waals surface area (Å²) < 4.78 is 0. The fourth-order valence-electron chi connectivity index (χ4n) is 2.95. The molecule has 9 heteroatoms. The van der Waals surface area contributed by atoms with Crippen molar-refractivity contribution in [2.75, 3.05) is 5.32 Å². The number of aryl methyl sites for hydroxylation is 2. The van der Waals surface area contributed by atoms with Crippen molar-refractivity contribution in [2.24, 2.45) is 0 Å². The topological polar surface area (TPSA) is 87.7 Å². The van der Waals surface area contributed by atoms with E-state index in [2.05, 4.69) is 20.3 Å². The highest BCUT2D eigenvalue weighted by Crippen LogP contribution is 2.27. The number of anilines is 1. The first-order valence-electron chi connectivity index (χ1n) is 9.33. The number of amides is 1. The maximum Gasteiger partial charge on any atom is 0.259 e. The molecular weight excluding hydrogens is 436 g/mol. The third-order valence-corrected chi connectivity index (χ3v) is 7.84. The number of aromatic nitrogens is 3. The third-order valence-electron chi connectivity index (χ3n) is 4.76. The Hall–Kier alpha value is -2.49. The van der Waals surface area contributed by atoms with Crippen molar-refractivity contribution in [3.8, 4) is 10.6 Å². The summed E-state index contributed by atoms with van der Waals surface area (Å²) in [5, 5.41) is 6.19. The molecule has 6 nitrogen and oxygen atoms in total. The van der Waals surface area contributed by atoms with E-state index >= 15 is 0 Å². The molecule has 0 spiro atoms. The molecule has 0 saturated carbocycles. The minimum atomic E-state index is -0.295. The first kappa shape index (κ1) is 20.8. The minimum absolute atomic E-state index is 0.0896. The van der Waals surface area contributed by atoms with Crippen LogP contribution in [0.4, 0.5) is 5.69 Å². The lowest BCUT2D eigenvalue weighted by atomic mass is 10.2. The fraction of sp³-hybridized carbons (Fsp3) is 0.238. The van der Waals surface area contributed by atoms with E-state index < -0.39 is 0 Å². The molecule has 0 aliphatic carbocycles. The molecule has 0 aliphatic heterocycles. The maximum absolute atomic E-state index is 12.5. The quantitative estimate of drug-likeness (QED) is 0.427. The second-order valence-corrected chi connectivity index (χ2v) is 10.3. The molecule has 0 aliphatic rings. The minimum Gasteiger partial charge on any atom is -0.325 e. The highest BCUT2D eigenvalue weighted by Gasteiger charge is 2.16. The van der Waals surface area contributed by atoms with E-state index in [0.29, 0.717) is 17.0 Å². The van der Waals surface area contributed by atoms with Gasteiger partial charge in [-0.3, -0.25) is 9.59 Å². The molecular formula is C21H20N4O2S3. The molecule has 1 aromatic carbocycles. The fourth-order valence-corrected chi connectivity index (χ4v) is 5.40. The summed E-state index contributed by atoms with van der Waals surface area (Å²) >= 11 is 4.54. The van der Waals surface area contributed by atoms with Crippen LogP contribution >= 0.6 is 34.4 Å². The van der Waals surface area contributed by atoms with E-state index in [1.54, 1.807) is 17.5 Å². The Balaban J connectivity index is 1.38. The van der Waals surface area contributed by atoms with Crippen molar-refractivity contribution in [3.63, 3.8) is 0 Å². The number of rotatable bonds is 6. The van der Waals surface area contributed by atoms with Gasteiger partial charge < -0.3 is 10.3 Å². The lowest BCUT2D eigenvalue weighted by Crippen LogP contribution is -2.23. The van der Waals surface area contributed by atoms with Gasteiger partial charge in [0.2, 0.25) is 5.91 Å². The van der Waals surface area contributed by atoms with Crippen LogP contribution in [0.25, 0.3) is 20.8 Å². The Labute approximate surface area is 185 Å². The van der Waals surface area contributed by atoms with E-state index in [9.17, 15) is 9.59 Å². The van der Waals surface area contributed by atoms with Crippen LogP contribution < -0.4 is 10.9 Å². The van der Waals surface area contributed by atoms with Crippen molar-refractivity contribution in [3.05, 3.63) is 62.5 Å². The molecule has 3 heterocycles. The van der Waals surface area contributed by atoms with E-state index in [-0.39, 0.29) is 16.7 Å². The number of fused-ring (bicyclic) bond motifs is 1. The number of benzene rings is 1. The second-order valence-electron chi connectivity index (χ2n) is 6.83. The van der Waals surface area contributed by atoms with Crippen LogP contribution in [0.1, 0.15) is 23.2 Å². The van der Waals surface area contributed by atoms with Gasteiger partial charge >= 0.3 is 0 Å². The average molecular weight is 457 g/mol. The molecule has 4 rings (SSSR count). The zero-order valence-electron chi connectivity index (χ0n) is 16.7. The van der Waals surface area contributed by atoms with E-state index in [1.165, 1.54) is 23.1 Å². The number of nitrogens with one attached hydrogen (secondary N) is 2. The number of carbonyl (C=O) groups excluding carboxylic acids is 1. The van der Waals surface area contributed by atoms with Gasteiger partial charge in [-0.25, -0.2) is 9.97 Å². The highest BCUT2D eigenvalue weighted by atomic mass is 32.2. The van der Waals surface area contributed by atoms with Gasteiger partial charge in [0.25, 0.3) is 5.56 Å². The number of H-pyrrole nitrogens is 1. The number of thioether (sulfide) groups is 1. The summed E-state index contributed by atoms with van der Waals surface area (Å²) in [4.78, 5) is 38.5. The molecule has 1 amide bonds. The summed E-state index contributed by atoms with van der Waals surface area (Å²) in [5.41, 5.74) is 2.63. The number of hydrogen-bond acceptors (Lipinski definition) is 7. The lowest BCUT2D eigenvalue weighted by Gasteiger charge is -2.12. The molecule has 4 aromatic rings. The first-order valence-corrected chi connectivity index (χ1v) is 12.1. The van der Waals surface area contributed by atoms with Gasteiger partial charge in [-0.15, -0.1) is 34.4 Å². The lowest BCUT2D eigenvalue weighted by molar-refractivity contribution is -0.115. The summed E-state index contributed by atoms with van der Waals surface area (Å²) in [6.07, 6.45) is 1.77. The Morgan fingerprint density at radius 1 is 1.27 bits per heavy atom. The monoisotopic (exact) mass is 456 g/mol. The molecule has 0 fully saturated rings. The summed E-state index contributed by atoms with van der Waals surface area (Å²) in [7, 11) is 0. The third kappa shape index (κ3) is 4.33. The number of hydrogen-bond donors (Lipinski definition) is 2. The molecule has 0 bridgehead atoms. The van der Waals surface area contributed by atoms with E-state index in [1.807, 2.05) is 50.4 Å². The highest BCUT2D eigenvalue weighted by molar-refractivity contribution is 7.99. The average Bonchev–Trinajstić information content (AvgIpc) is 3.35. The largest absolute Gasteiger partial charge is 0.325 e. The SMILES string of the molecule is Cc1sc2nc(CSC(C)C(=O)Nc3ccc(-c4nccs4)cc3)[nH]c(=O)c2c1C. The van der Waals surface area contributed by atoms with Gasteiger partial charge in [0.1, 0.15) is 15.7 Å². The van der Waals surface area contributed by atoms with Crippen LogP contribution in [0.5, 0.6) is 0 Å². The summed E-state index contributed by atoms with van der Waals surface area (Å²) in [5.74, 6) is 0.957. The van der Waals surface area contributed by atoms with Gasteiger partial charge in [-0.1, -0.05) is 0 Å². The predicted octanol–water partition coefficient (Wildman–Crippen LogP) is 4.99. The number of thiazole rings is 1. The number of thiophene rings is 1. The Morgan fingerprint density at radius 3 is 2.73 bits per heavy atom. The normalized spacial score (nSPS) is 12.2. The maximum atomic E-state index is 12.5. The Bertz CT molecular complexity index is 1240. The molecule has 1 unspecified atom stereocenters. The predicted molar refractivity (Wildman–Crippen MR) is 127 cm³/mol. The Kier molecular flexibility index (Phi) is 6.03. The molecule has 30 heavy (non-hydrogen) atoms. The van der Waals surface area contributed by atoms with E-state index in [4.69, 9.17) is 0 Å². The van der Waals surface area contributed by atoms with Crippen LogP contribution in [0.2, 0.25) is 0 Å². The van der Waals surface area contributed by atoms with Crippen LogP contribution in [-0.4, -0.2) is 26.1 Å². The van der Waals surface area contributed by atoms with Gasteiger partial charge in [0, 0.05) is 27.7 Å². The van der Waals surface area contributed by atoms with Gasteiger partial charge in [0.15, 0.2) is 0 Å². The second kappa shape index (κ2) is 8.71. The molecule has 1 atom stereocenters. The van der Waals surface area contributed by atoms with Crippen LogP contribution in [0, 0.1) is 13.8 Å². The van der Waals surface area contributed by atoms with Crippen LogP contribution in [-0.2, 0) is 10.5 Å². The van der Waals surface area contributed by atoms with Crippen LogP contribution in [0.15, 0.2) is 40.6 Å². The summed E-state index contributed by atoms with van der Waals surface area (Å²) in [6.45, 7) is 5.78. The molecule has 0 saturated heterocycles. The van der Waals surface area contributed by atoms with Crippen molar-refractivity contribution in [2.45, 2.75) is 31.8 Å². The van der Waals surface area contributed by atoms with Gasteiger partial charge in [-0.05, 0) is 50.6 Å². The van der Waals surface area contributed by atoms with Gasteiger partial charge in [0.05, 0.1) is 16.4 Å². The molecule has 2 N–H and O–H groups in total. The zero-order chi connectivity index (χ0) is 21.3. The molecule has 154 valence electrons. The van der Waals surface area contributed by atoms with Crippen molar-refractivity contribution in [1.82, 2.24) is 15.0 Å². The first-order chi connectivity index (χ1) is 14.4. The molecule has 0 radical (unpaired) electrons. The number of nitrogens with zero attached hydrogens (tertiary/aromatic N) is 2. The van der Waals surface area contributed by atoms with Crippen LogP contribution in [0.3, 0.4) is 0 Å². The number of aromatic amines is 1. The smallest absolute Gasteiger partial charge is 0.259 e. The summed E-state index contributed by atoms with van der Waals surface area (Å²) in [6, 6.07) is 7.64. The molecule has 3 aromatic heterocycles. The van der Waals surface area contributed by atoms with Crippen molar-refractivity contribution < 1.29 is 4.79 Å². The number of carbonyl (C=O) groups is 1.